The van der Waals surface area contributed by atoms with E-state index >= 15 is 0 Å². The predicted octanol–water partition coefficient (Wildman–Crippen LogP) is 3.59. The van der Waals surface area contributed by atoms with Crippen molar-refractivity contribution in [1.29, 1.82) is 0 Å². The van der Waals surface area contributed by atoms with Crippen LogP contribution in [-0.2, 0) is 14.3 Å². The molecule has 0 saturated heterocycles. The molecule has 0 amide bonds. The minimum absolute atomic E-state index is 0.141. The molecular weight excluding hydrogens is 374 g/mol. The van der Waals surface area contributed by atoms with Crippen LogP contribution in [-0.4, -0.2) is 32.1 Å². The molecule has 0 unspecified atom stereocenters. The molecule has 1 aliphatic heterocycles. The van der Waals surface area contributed by atoms with Crippen molar-refractivity contribution >= 4 is 23.9 Å². The van der Waals surface area contributed by atoms with Gasteiger partial charge in [-0.15, -0.1) is 0 Å². The van der Waals surface area contributed by atoms with Crippen molar-refractivity contribution < 1.29 is 28.5 Å². The van der Waals surface area contributed by atoms with Crippen LogP contribution in [0.2, 0.25) is 0 Å². The smallest absolute Gasteiger partial charge is 0.363 e. The van der Waals surface area contributed by atoms with E-state index in [1.165, 1.54) is 21.1 Å². The summed E-state index contributed by atoms with van der Waals surface area (Å²) < 4.78 is 21.1. The van der Waals surface area contributed by atoms with Gasteiger partial charge < -0.3 is 18.9 Å². The van der Waals surface area contributed by atoms with Gasteiger partial charge in [0.1, 0.15) is 0 Å². The number of rotatable bonds is 5. The number of carbonyl (C=O) groups is 2. The number of aryl methyl sites for hydroxylation is 2. The molecule has 0 radical (unpaired) electrons. The Kier molecular flexibility index (Phi) is 5.68. The minimum atomic E-state index is -0.555. The summed E-state index contributed by atoms with van der Waals surface area (Å²) in [5, 5.41) is 0. The molecule has 0 N–H and O–H groups in total. The summed E-state index contributed by atoms with van der Waals surface area (Å²) in [6.45, 7) is 5.27. The lowest BCUT2D eigenvalue weighted by atomic mass is 10.1. The molecule has 0 atom stereocenters. The molecule has 2 aromatic carbocycles. The Bertz CT molecular complexity index is 1030. The third-order valence-electron chi connectivity index (χ3n) is 4.41. The lowest BCUT2D eigenvalue weighted by molar-refractivity contribution is -0.132. The highest BCUT2D eigenvalue weighted by molar-refractivity contribution is 6.13. The Morgan fingerprint density at radius 2 is 1.69 bits per heavy atom. The van der Waals surface area contributed by atoms with E-state index in [4.69, 9.17) is 18.9 Å². The van der Waals surface area contributed by atoms with Crippen LogP contribution in [0.5, 0.6) is 17.2 Å². The summed E-state index contributed by atoms with van der Waals surface area (Å²) in [5.41, 5.74) is 3.66. The molecule has 1 heterocycles. The molecule has 2 aromatic rings. The third kappa shape index (κ3) is 4.29. The van der Waals surface area contributed by atoms with Gasteiger partial charge >= 0.3 is 11.9 Å². The molecule has 0 aliphatic carbocycles. The highest BCUT2D eigenvalue weighted by atomic mass is 16.6. The first-order chi connectivity index (χ1) is 13.8. The van der Waals surface area contributed by atoms with Crippen LogP contribution in [0.3, 0.4) is 0 Å². The van der Waals surface area contributed by atoms with Gasteiger partial charge in [0.25, 0.3) is 0 Å². The van der Waals surface area contributed by atoms with E-state index in [9.17, 15) is 9.59 Å². The largest absolute Gasteiger partial charge is 0.493 e. The van der Waals surface area contributed by atoms with Gasteiger partial charge in [0.05, 0.1) is 14.2 Å². The zero-order valence-electron chi connectivity index (χ0n) is 16.9. The Morgan fingerprint density at radius 1 is 1.03 bits per heavy atom. The highest BCUT2D eigenvalue weighted by Gasteiger charge is 2.25. The van der Waals surface area contributed by atoms with Crippen molar-refractivity contribution in [2.75, 3.05) is 14.2 Å². The first kappa shape index (κ1) is 20.1. The van der Waals surface area contributed by atoms with E-state index in [-0.39, 0.29) is 28.8 Å². The molecule has 1 aliphatic rings. The van der Waals surface area contributed by atoms with Gasteiger partial charge in [0.2, 0.25) is 11.6 Å². The molecule has 7 heteroatoms. The molecule has 150 valence electrons. The van der Waals surface area contributed by atoms with Crippen molar-refractivity contribution in [2.24, 2.45) is 4.99 Å². The second kappa shape index (κ2) is 8.18. The predicted molar refractivity (Wildman–Crippen MR) is 107 cm³/mol. The molecule has 0 saturated carbocycles. The average molecular weight is 395 g/mol. The summed E-state index contributed by atoms with van der Waals surface area (Å²) >= 11 is 0. The summed E-state index contributed by atoms with van der Waals surface area (Å²) in [4.78, 5) is 28.0. The molecule has 0 fully saturated rings. The van der Waals surface area contributed by atoms with E-state index in [1.54, 1.807) is 18.2 Å². The maximum absolute atomic E-state index is 12.3. The number of nitrogens with zero attached hydrogens (tertiary/aromatic N) is 1. The van der Waals surface area contributed by atoms with Crippen LogP contribution in [0.4, 0.5) is 0 Å². The molecule has 7 nitrogen and oxygen atoms in total. The van der Waals surface area contributed by atoms with E-state index in [2.05, 4.69) is 4.99 Å². The van der Waals surface area contributed by atoms with Gasteiger partial charge in [-0.05, 0) is 60.9 Å². The Hall–Kier alpha value is -3.61. The van der Waals surface area contributed by atoms with Crippen LogP contribution in [0.25, 0.3) is 6.08 Å². The topological polar surface area (TPSA) is 83.4 Å². The number of hydrogen-bond donors (Lipinski definition) is 0. The van der Waals surface area contributed by atoms with E-state index in [1.807, 2.05) is 32.0 Å². The van der Waals surface area contributed by atoms with Gasteiger partial charge in [-0.3, -0.25) is 4.79 Å². The molecule has 3 rings (SSSR count). The molecule has 0 aromatic heterocycles. The summed E-state index contributed by atoms with van der Waals surface area (Å²) in [6.07, 6.45) is 1.55. The van der Waals surface area contributed by atoms with E-state index in [0.717, 1.165) is 16.7 Å². The van der Waals surface area contributed by atoms with Gasteiger partial charge in [-0.1, -0.05) is 6.07 Å². The van der Waals surface area contributed by atoms with Gasteiger partial charge in [-0.25, -0.2) is 9.79 Å². The molecule has 0 spiro atoms. The highest BCUT2D eigenvalue weighted by Crippen LogP contribution is 2.39. The fourth-order valence-electron chi connectivity index (χ4n) is 2.79. The second-order valence-corrected chi connectivity index (χ2v) is 6.48. The summed E-state index contributed by atoms with van der Waals surface area (Å²) in [6, 6.07) is 8.96. The zero-order chi connectivity index (χ0) is 21.1. The number of ether oxygens (including phenoxy) is 4. The number of esters is 2. The number of aliphatic imine (C=N–C) groups is 1. The van der Waals surface area contributed by atoms with Crippen LogP contribution in [0, 0.1) is 13.8 Å². The lowest BCUT2D eigenvalue weighted by Gasteiger charge is -2.13. The maximum Gasteiger partial charge on any atom is 0.363 e. The quantitative estimate of drug-likeness (QED) is 0.437. The zero-order valence-corrected chi connectivity index (χ0v) is 16.9. The van der Waals surface area contributed by atoms with Crippen LogP contribution in [0.15, 0.2) is 41.0 Å². The van der Waals surface area contributed by atoms with Crippen molar-refractivity contribution in [3.8, 4) is 17.2 Å². The molecule has 0 bridgehead atoms. The number of benzene rings is 2. The first-order valence-electron chi connectivity index (χ1n) is 8.87. The monoisotopic (exact) mass is 395 g/mol. The normalized spacial score (nSPS) is 14.4. The number of hydrogen-bond acceptors (Lipinski definition) is 7. The third-order valence-corrected chi connectivity index (χ3v) is 4.41. The van der Waals surface area contributed by atoms with Crippen LogP contribution in [0.1, 0.15) is 29.2 Å². The van der Waals surface area contributed by atoms with Gasteiger partial charge in [-0.2, -0.15) is 0 Å². The van der Waals surface area contributed by atoms with Gasteiger partial charge in [0, 0.05) is 12.5 Å². The summed E-state index contributed by atoms with van der Waals surface area (Å²) in [7, 11) is 2.89. The number of methoxy groups -OCH3 is 2. The standard InChI is InChI=1S/C22H21NO6/c1-12-6-7-16(8-13(12)2)21-23-17(22(25)29-21)9-15-10-18(26-4)20(28-14(3)24)19(11-15)27-5/h6-11H,1-5H3/b17-9-. The van der Waals surface area contributed by atoms with Crippen molar-refractivity contribution in [3.05, 3.63) is 58.3 Å². The summed E-state index contributed by atoms with van der Waals surface area (Å²) in [5.74, 6) is -0.0695. The van der Waals surface area contributed by atoms with Crippen molar-refractivity contribution in [2.45, 2.75) is 20.8 Å². The lowest BCUT2D eigenvalue weighted by Crippen LogP contribution is -2.06. The van der Waals surface area contributed by atoms with Crippen molar-refractivity contribution in [3.63, 3.8) is 0 Å². The van der Waals surface area contributed by atoms with Crippen LogP contribution < -0.4 is 14.2 Å². The van der Waals surface area contributed by atoms with Crippen LogP contribution >= 0.6 is 0 Å². The number of carbonyl (C=O) groups excluding carboxylic acids is 2. The minimum Gasteiger partial charge on any atom is -0.493 e. The second-order valence-electron chi connectivity index (χ2n) is 6.48. The van der Waals surface area contributed by atoms with E-state index < -0.39 is 11.9 Å². The first-order valence-corrected chi connectivity index (χ1v) is 8.87. The van der Waals surface area contributed by atoms with Crippen molar-refractivity contribution in [1.82, 2.24) is 0 Å². The number of cyclic esters (lactones) is 1. The SMILES string of the molecule is COc1cc(/C=C2\N=C(c3ccc(C)c(C)c3)OC2=O)cc(OC)c1OC(C)=O. The van der Waals surface area contributed by atoms with Gasteiger partial charge in [0.15, 0.2) is 17.2 Å². The fourth-order valence-corrected chi connectivity index (χ4v) is 2.79. The molecule has 29 heavy (non-hydrogen) atoms. The fraction of sp³-hybridized carbons (Fsp3) is 0.227. The average Bonchev–Trinajstić information content (AvgIpc) is 3.04. The molecular formula is C22H21NO6. The maximum atomic E-state index is 12.3. The Balaban J connectivity index is 2.00. The Morgan fingerprint density at radius 3 is 2.24 bits per heavy atom. The Labute approximate surface area is 168 Å². The van der Waals surface area contributed by atoms with E-state index in [0.29, 0.717) is 5.56 Å².